The molecule has 5 heteroatoms. The van der Waals surface area contributed by atoms with Crippen molar-refractivity contribution in [2.75, 3.05) is 6.61 Å². The van der Waals surface area contributed by atoms with Crippen molar-refractivity contribution in [1.29, 1.82) is 0 Å². The minimum absolute atomic E-state index is 0.0148. The Labute approximate surface area is 129 Å². The molecule has 2 N–H and O–H groups in total. The van der Waals surface area contributed by atoms with E-state index in [4.69, 9.17) is 9.47 Å². The molecule has 1 aliphatic heterocycles. The summed E-state index contributed by atoms with van der Waals surface area (Å²) >= 11 is 0. The standard InChI is InChI=1S/C17H20O5/c18-11(10-21-12-4-2-1-3-5-12)6-7-13-14-8-17(20)22-16(14)9-15(13)19/h1-7,11,13-16,18-19H,8-10H2/t11-,13+,14?,15+,16?/m1/s1. The zero-order valence-electron chi connectivity index (χ0n) is 12.2. The number of aliphatic hydroxyl groups excluding tert-OH is 2. The van der Waals surface area contributed by atoms with Crippen LogP contribution >= 0.6 is 0 Å². The number of carbonyl (C=O) groups excluding carboxylic acids is 1. The number of hydrogen-bond donors (Lipinski definition) is 2. The van der Waals surface area contributed by atoms with Gasteiger partial charge < -0.3 is 19.7 Å². The van der Waals surface area contributed by atoms with Crippen molar-refractivity contribution in [1.82, 2.24) is 0 Å². The van der Waals surface area contributed by atoms with Gasteiger partial charge in [0.05, 0.1) is 12.5 Å². The molecule has 22 heavy (non-hydrogen) atoms. The molecule has 1 aromatic carbocycles. The Morgan fingerprint density at radius 3 is 2.91 bits per heavy atom. The van der Waals surface area contributed by atoms with E-state index in [-0.39, 0.29) is 30.5 Å². The minimum atomic E-state index is -0.760. The smallest absolute Gasteiger partial charge is 0.306 e. The van der Waals surface area contributed by atoms with Crippen molar-refractivity contribution in [3.8, 4) is 5.75 Å². The van der Waals surface area contributed by atoms with Gasteiger partial charge in [-0.25, -0.2) is 0 Å². The highest BCUT2D eigenvalue weighted by Gasteiger charge is 2.48. The molecule has 1 saturated carbocycles. The summed E-state index contributed by atoms with van der Waals surface area (Å²) in [4.78, 5) is 11.3. The number of ether oxygens (including phenoxy) is 2. The Bertz CT molecular complexity index is 541. The number of esters is 1. The van der Waals surface area contributed by atoms with Crippen molar-refractivity contribution in [2.45, 2.75) is 31.2 Å². The molecular weight excluding hydrogens is 284 g/mol. The van der Waals surface area contributed by atoms with E-state index in [1.165, 1.54) is 0 Å². The predicted molar refractivity (Wildman–Crippen MR) is 79.2 cm³/mol. The van der Waals surface area contributed by atoms with E-state index >= 15 is 0 Å². The summed E-state index contributed by atoms with van der Waals surface area (Å²) in [7, 11) is 0. The van der Waals surface area contributed by atoms with Gasteiger partial charge >= 0.3 is 5.97 Å². The van der Waals surface area contributed by atoms with Crippen LogP contribution in [0.1, 0.15) is 12.8 Å². The average Bonchev–Trinajstić information content (AvgIpc) is 2.99. The van der Waals surface area contributed by atoms with E-state index in [9.17, 15) is 15.0 Å². The lowest BCUT2D eigenvalue weighted by molar-refractivity contribution is -0.141. The van der Waals surface area contributed by atoms with Crippen LogP contribution in [0.4, 0.5) is 0 Å². The average molecular weight is 304 g/mol. The lowest BCUT2D eigenvalue weighted by Gasteiger charge is -2.15. The molecule has 0 aromatic heterocycles. The maximum Gasteiger partial charge on any atom is 0.306 e. The Hall–Kier alpha value is -1.85. The summed E-state index contributed by atoms with van der Waals surface area (Å²) < 4.78 is 10.6. The number of rotatable bonds is 5. The molecule has 2 fully saturated rings. The van der Waals surface area contributed by atoms with Crippen molar-refractivity contribution < 1.29 is 24.5 Å². The number of fused-ring (bicyclic) bond motifs is 1. The number of hydrogen-bond acceptors (Lipinski definition) is 5. The summed E-state index contributed by atoms with van der Waals surface area (Å²) in [6.07, 6.45) is 2.76. The summed E-state index contributed by atoms with van der Waals surface area (Å²) in [5.41, 5.74) is 0. The fraction of sp³-hybridized carbons (Fsp3) is 0.471. The van der Waals surface area contributed by atoms with Crippen LogP contribution in [0.3, 0.4) is 0 Å². The normalized spacial score (nSPS) is 32.0. The van der Waals surface area contributed by atoms with Gasteiger partial charge in [-0.2, -0.15) is 0 Å². The summed E-state index contributed by atoms with van der Waals surface area (Å²) in [5, 5.41) is 20.0. The van der Waals surface area contributed by atoms with Gasteiger partial charge in [0.1, 0.15) is 24.6 Å². The molecule has 0 radical (unpaired) electrons. The highest BCUT2D eigenvalue weighted by molar-refractivity contribution is 5.72. The van der Waals surface area contributed by atoms with Gasteiger partial charge in [-0.15, -0.1) is 0 Å². The van der Waals surface area contributed by atoms with Crippen LogP contribution in [-0.2, 0) is 9.53 Å². The lowest BCUT2D eigenvalue weighted by Crippen LogP contribution is -2.20. The van der Waals surface area contributed by atoms with E-state index in [1.54, 1.807) is 12.2 Å². The van der Waals surface area contributed by atoms with E-state index in [1.807, 2.05) is 30.3 Å². The fourth-order valence-corrected chi connectivity index (χ4v) is 3.20. The number of para-hydroxylation sites is 1. The molecule has 1 heterocycles. The molecule has 5 nitrogen and oxygen atoms in total. The molecule has 0 spiro atoms. The third kappa shape index (κ3) is 3.31. The van der Waals surface area contributed by atoms with Crippen molar-refractivity contribution >= 4 is 5.97 Å². The maximum atomic E-state index is 11.3. The van der Waals surface area contributed by atoms with Crippen LogP contribution in [0.5, 0.6) is 5.75 Å². The largest absolute Gasteiger partial charge is 0.491 e. The molecule has 0 bridgehead atoms. The van der Waals surface area contributed by atoms with E-state index in [0.29, 0.717) is 18.6 Å². The second-order valence-electron chi connectivity index (χ2n) is 5.85. The highest BCUT2D eigenvalue weighted by atomic mass is 16.6. The van der Waals surface area contributed by atoms with Crippen LogP contribution < -0.4 is 4.74 Å². The van der Waals surface area contributed by atoms with Crippen LogP contribution in [-0.4, -0.2) is 41.1 Å². The van der Waals surface area contributed by atoms with Crippen molar-refractivity contribution in [2.24, 2.45) is 11.8 Å². The van der Waals surface area contributed by atoms with Gasteiger partial charge in [-0.05, 0) is 12.1 Å². The van der Waals surface area contributed by atoms with Gasteiger partial charge in [0.2, 0.25) is 0 Å². The number of benzene rings is 1. The highest BCUT2D eigenvalue weighted by Crippen LogP contribution is 2.42. The quantitative estimate of drug-likeness (QED) is 0.633. The second-order valence-corrected chi connectivity index (χ2v) is 5.85. The summed E-state index contributed by atoms with van der Waals surface area (Å²) in [5.74, 6) is 0.364. The third-order valence-corrected chi connectivity index (χ3v) is 4.29. The van der Waals surface area contributed by atoms with E-state index < -0.39 is 12.2 Å². The molecule has 2 aliphatic rings. The first-order valence-electron chi connectivity index (χ1n) is 7.55. The monoisotopic (exact) mass is 304 g/mol. The molecular formula is C17H20O5. The lowest BCUT2D eigenvalue weighted by atomic mass is 9.91. The van der Waals surface area contributed by atoms with E-state index in [0.717, 1.165) is 0 Å². The number of carbonyl (C=O) groups is 1. The zero-order chi connectivity index (χ0) is 15.5. The molecule has 118 valence electrons. The predicted octanol–water partition coefficient (Wildman–Crippen LogP) is 1.30. The minimum Gasteiger partial charge on any atom is -0.491 e. The molecule has 1 saturated heterocycles. The molecule has 3 rings (SSSR count). The zero-order valence-corrected chi connectivity index (χ0v) is 12.2. The summed E-state index contributed by atoms with van der Waals surface area (Å²) in [6.45, 7) is 0.146. The van der Waals surface area contributed by atoms with Gasteiger partial charge in [-0.3, -0.25) is 4.79 Å². The third-order valence-electron chi connectivity index (χ3n) is 4.29. The van der Waals surface area contributed by atoms with Crippen LogP contribution in [0, 0.1) is 11.8 Å². The Morgan fingerprint density at radius 1 is 1.36 bits per heavy atom. The first-order chi connectivity index (χ1) is 10.6. The van der Waals surface area contributed by atoms with E-state index in [2.05, 4.69) is 0 Å². The second kappa shape index (κ2) is 6.50. The van der Waals surface area contributed by atoms with Crippen LogP contribution in [0.2, 0.25) is 0 Å². The Morgan fingerprint density at radius 2 is 2.14 bits per heavy atom. The van der Waals surface area contributed by atoms with Crippen LogP contribution in [0.25, 0.3) is 0 Å². The van der Waals surface area contributed by atoms with Gasteiger partial charge in [0.25, 0.3) is 0 Å². The first kappa shape index (κ1) is 15.1. The molecule has 0 amide bonds. The molecule has 1 aromatic rings. The fourth-order valence-electron chi connectivity index (χ4n) is 3.20. The Balaban J connectivity index is 1.53. The molecule has 5 atom stereocenters. The van der Waals surface area contributed by atoms with Crippen LogP contribution in [0.15, 0.2) is 42.5 Å². The van der Waals surface area contributed by atoms with Gasteiger partial charge in [0.15, 0.2) is 0 Å². The maximum absolute atomic E-state index is 11.3. The van der Waals surface area contributed by atoms with Crippen molar-refractivity contribution in [3.05, 3.63) is 42.5 Å². The topological polar surface area (TPSA) is 76.0 Å². The Kier molecular flexibility index (Phi) is 4.45. The summed E-state index contributed by atoms with van der Waals surface area (Å²) in [6, 6.07) is 9.27. The van der Waals surface area contributed by atoms with Crippen molar-refractivity contribution in [3.63, 3.8) is 0 Å². The van der Waals surface area contributed by atoms with Gasteiger partial charge in [0, 0.05) is 18.3 Å². The molecule has 2 unspecified atom stereocenters. The number of aliphatic hydroxyl groups is 2. The molecule has 1 aliphatic carbocycles. The SMILES string of the molecule is O=C1CC2C(C[C@H](O)[C@H]2C=C[C@@H](O)COc2ccccc2)O1. The first-order valence-corrected chi connectivity index (χ1v) is 7.55. The van der Waals surface area contributed by atoms with Gasteiger partial charge in [-0.1, -0.05) is 30.4 Å².